The van der Waals surface area contributed by atoms with Gasteiger partial charge in [0.15, 0.2) is 16.7 Å². The Balaban J connectivity index is 2.30. The molecule has 0 amide bonds. The van der Waals surface area contributed by atoms with Crippen molar-refractivity contribution in [1.82, 2.24) is 3.97 Å². The molecule has 1 aromatic heterocycles. The van der Waals surface area contributed by atoms with E-state index in [2.05, 4.69) is 0 Å². The number of aromatic nitrogens is 1. The maximum Gasteiger partial charge on any atom is 0.343 e. The fourth-order valence-corrected chi connectivity index (χ4v) is 3.86. The van der Waals surface area contributed by atoms with Crippen molar-refractivity contribution in [3.05, 3.63) is 71.7 Å². The topological polar surface area (TPSA) is 57.5 Å². The van der Waals surface area contributed by atoms with Gasteiger partial charge in [-0.1, -0.05) is 6.07 Å². The molecular formula is C19H14F3NO4S. The van der Waals surface area contributed by atoms with Gasteiger partial charge in [-0.2, -0.15) is 0 Å². The lowest BCUT2D eigenvalue weighted by molar-refractivity contribution is 0.0597. The summed E-state index contributed by atoms with van der Waals surface area (Å²) < 4.78 is 65.4. The largest absolute Gasteiger partial charge is 0.494 e. The summed E-state index contributed by atoms with van der Waals surface area (Å²) in [5.41, 5.74) is -0.352. The lowest BCUT2D eigenvalue weighted by Crippen LogP contribution is -2.07. The molecule has 3 aromatic rings. The highest BCUT2D eigenvalue weighted by atomic mass is 32.2. The van der Waals surface area contributed by atoms with Crippen LogP contribution < -0.4 is 4.74 Å². The molecule has 0 N–H and O–H groups in total. The quantitative estimate of drug-likeness (QED) is 0.599. The molecule has 146 valence electrons. The smallest absolute Gasteiger partial charge is 0.343 e. The molecule has 1 heterocycles. The number of esters is 1. The van der Waals surface area contributed by atoms with E-state index in [0.29, 0.717) is 6.07 Å². The van der Waals surface area contributed by atoms with Gasteiger partial charge in [0.25, 0.3) is 0 Å². The average molecular weight is 409 g/mol. The van der Waals surface area contributed by atoms with Crippen LogP contribution in [0.15, 0.2) is 53.6 Å². The predicted octanol–water partition coefficient (Wildman–Crippen LogP) is 3.94. The third-order valence-corrected chi connectivity index (χ3v) is 5.20. The number of hydrogen-bond donors (Lipinski definition) is 0. The number of halogens is 3. The molecule has 0 aliphatic heterocycles. The van der Waals surface area contributed by atoms with Crippen molar-refractivity contribution in [1.29, 1.82) is 0 Å². The van der Waals surface area contributed by atoms with E-state index in [0.717, 1.165) is 35.5 Å². The second-order valence-electron chi connectivity index (χ2n) is 5.57. The zero-order chi connectivity index (χ0) is 20.4. The minimum atomic E-state index is -2.06. The summed E-state index contributed by atoms with van der Waals surface area (Å²) >= 11 is 0. The number of methoxy groups -OCH3 is 2. The van der Waals surface area contributed by atoms with Gasteiger partial charge in [-0.25, -0.2) is 22.2 Å². The van der Waals surface area contributed by atoms with E-state index in [1.807, 2.05) is 0 Å². The predicted molar refractivity (Wildman–Crippen MR) is 95.9 cm³/mol. The molecule has 1 unspecified atom stereocenters. The Morgan fingerprint density at radius 3 is 2.36 bits per heavy atom. The standard InChI is InChI=1S/C19H14F3NO4S/c1-26-18-15(19(24)27-2)10-23(28(25)13-5-3-4-11(20)8-13)17(18)14-7-6-12(21)9-16(14)22/h3-10H,1-2H3. The Morgan fingerprint density at radius 1 is 1.04 bits per heavy atom. The molecular weight excluding hydrogens is 395 g/mol. The molecule has 0 aliphatic rings. The Kier molecular flexibility index (Phi) is 5.55. The van der Waals surface area contributed by atoms with Crippen LogP contribution in [-0.2, 0) is 15.7 Å². The van der Waals surface area contributed by atoms with Crippen LogP contribution >= 0.6 is 0 Å². The number of carbonyl (C=O) groups is 1. The first kappa shape index (κ1) is 19.7. The van der Waals surface area contributed by atoms with Crippen LogP contribution in [0, 0.1) is 17.5 Å². The van der Waals surface area contributed by atoms with Gasteiger partial charge < -0.3 is 9.47 Å². The van der Waals surface area contributed by atoms with Crippen molar-refractivity contribution in [2.45, 2.75) is 4.90 Å². The molecule has 28 heavy (non-hydrogen) atoms. The number of nitrogens with zero attached hydrogens (tertiary/aromatic N) is 1. The van der Waals surface area contributed by atoms with Gasteiger partial charge in [0.1, 0.15) is 28.7 Å². The van der Waals surface area contributed by atoms with E-state index in [4.69, 9.17) is 9.47 Å². The van der Waals surface area contributed by atoms with Crippen molar-refractivity contribution in [2.75, 3.05) is 14.2 Å². The van der Waals surface area contributed by atoms with Crippen molar-refractivity contribution in [3.63, 3.8) is 0 Å². The molecule has 9 heteroatoms. The molecule has 0 saturated heterocycles. The highest BCUT2D eigenvalue weighted by Crippen LogP contribution is 2.38. The lowest BCUT2D eigenvalue weighted by Gasteiger charge is -2.12. The maximum absolute atomic E-state index is 14.5. The van der Waals surface area contributed by atoms with Gasteiger partial charge in [0.05, 0.1) is 19.1 Å². The second kappa shape index (κ2) is 7.89. The third-order valence-electron chi connectivity index (χ3n) is 3.90. The van der Waals surface area contributed by atoms with E-state index in [1.165, 1.54) is 25.3 Å². The molecule has 0 saturated carbocycles. The first-order chi connectivity index (χ1) is 13.4. The summed E-state index contributed by atoms with van der Waals surface area (Å²) in [6.45, 7) is 0. The summed E-state index contributed by atoms with van der Waals surface area (Å²) in [6.07, 6.45) is 1.16. The molecule has 0 spiro atoms. The maximum atomic E-state index is 14.5. The van der Waals surface area contributed by atoms with Gasteiger partial charge in [0.2, 0.25) is 0 Å². The normalized spacial score (nSPS) is 11.9. The number of rotatable bonds is 5. The second-order valence-corrected chi connectivity index (χ2v) is 6.94. The number of ether oxygens (including phenoxy) is 2. The van der Waals surface area contributed by atoms with Crippen molar-refractivity contribution in [3.8, 4) is 17.0 Å². The Hall–Kier alpha value is -3.07. The summed E-state index contributed by atoms with van der Waals surface area (Å²) in [6, 6.07) is 7.79. The van der Waals surface area contributed by atoms with Crippen LogP contribution in [0.2, 0.25) is 0 Å². The summed E-state index contributed by atoms with van der Waals surface area (Å²) in [5, 5.41) is 0. The molecule has 0 aliphatic carbocycles. The average Bonchev–Trinajstić information content (AvgIpc) is 3.06. The van der Waals surface area contributed by atoms with Crippen LogP contribution in [0.3, 0.4) is 0 Å². The Bertz CT molecular complexity index is 1080. The molecule has 1 atom stereocenters. The Morgan fingerprint density at radius 2 is 1.75 bits per heavy atom. The molecule has 2 aromatic carbocycles. The molecule has 0 radical (unpaired) electrons. The van der Waals surface area contributed by atoms with Crippen molar-refractivity contribution < 1.29 is 31.6 Å². The van der Waals surface area contributed by atoms with E-state index >= 15 is 0 Å². The van der Waals surface area contributed by atoms with Crippen LogP contribution in [0.1, 0.15) is 10.4 Å². The summed E-state index contributed by atoms with van der Waals surface area (Å²) in [4.78, 5) is 12.2. The highest BCUT2D eigenvalue weighted by molar-refractivity contribution is 7.83. The monoisotopic (exact) mass is 409 g/mol. The minimum absolute atomic E-state index is 0.0674. The number of benzene rings is 2. The fraction of sp³-hybridized carbons (Fsp3) is 0.105. The summed E-state index contributed by atoms with van der Waals surface area (Å²) in [7, 11) is 0.314. The zero-order valence-corrected chi connectivity index (χ0v) is 15.6. The third kappa shape index (κ3) is 3.53. The highest BCUT2D eigenvalue weighted by Gasteiger charge is 2.28. The first-order valence-corrected chi connectivity index (χ1v) is 8.99. The van der Waals surface area contributed by atoms with Gasteiger partial charge in [-0.15, -0.1) is 0 Å². The van der Waals surface area contributed by atoms with Crippen LogP contribution in [0.5, 0.6) is 5.75 Å². The van der Waals surface area contributed by atoms with Crippen molar-refractivity contribution in [2.24, 2.45) is 0 Å². The van der Waals surface area contributed by atoms with Gasteiger partial charge in [-0.05, 0) is 30.3 Å². The van der Waals surface area contributed by atoms with E-state index in [-0.39, 0.29) is 27.5 Å². The first-order valence-electron chi connectivity index (χ1n) is 7.88. The van der Waals surface area contributed by atoms with E-state index < -0.39 is 34.4 Å². The van der Waals surface area contributed by atoms with Crippen molar-refractivity contribution >= 4 is 17.0 Å². The Labute approximate surface area is 160 Å². The van der Waals surface area contributed by atoms with Gasteiger partial charge in [0, 0.05) is 17.8 Å². The van der Waals surface area contributed by atoms with Crippen LogP contribution in [0.4, 0.5) is 13.2 Å². The molecule has 0 bridgehead atoms. The van der Waals surface area contributed by atoms with E-state index in [1.54, 1.807) is 0 Å². The van der Waals surface area contributed by atoms with Crippen LogP contribution in [-0.4, -0.2) is 28.4 Å². The molecule has 0 fully saturated rings. The lowest BCUT2D eigenvalue weighted by atomic mass is 10.1. The fourth-order valence-electron chi connectivity index (χ4n) is 2.67. The van der Waals surface area contributed by atoms with E-state index in [9.17, 15) is 22.2 Å². The zero-order valence-electron chi connectivity index (χ0n) is 14.7. The molecule has 3 rings (SSSR count). The summed E-state index contributed by atoms with van der Waals surface area (Å²) in [5.74, 6) is -3.30. The van der Waals surface area contributed by atoms with Crippen LogP contribution in [0.25, 0.3) is 11.3 Å². The SMILES string of the molecule is COC(=O)c1cn(S(=O)c2cccc(F)c2)c(-c2ccc(F)cc2F)c1OC. The minimum Gasteiger partial charge on any atom is -0.494 e. The van der Waals surface area contributed by atoms with Gasteiger partial charge >= 0.3 is 5.97 Å². The number of carbonyl (C=O) groups excluding carboxylic acids is 1. The van der Waals surface area contributed by atoms with Gasteiger partial charge in [-0.3, -0.25) is 3.97 Å². The number of hydrogen-bond acceptors (Lipinski definition) is 4. The molecule has 5 nitrogen and oxygen atoms in total.